The number of anilines is 1. The van der Waals surface area contributed by atoms with Crippen LogP contribution >= 0.6 is 12.4 Å². The third-order valence-corrected chi connectivity index (χ3v) is 4.38. The minimum Gasteiger partial charge on any atom is -0.471 e. The fraction of sp³-hybridized carbons (Fsp3) is 0.333. The van der Waals surface area contributed by atoms with Gasteiger partial charge in [0.25, 0.3) is 5.88 Å². The van der Waals surface area contributed by atoms with Crippen LogP contribution in [-0.2, 0) is 4.74 Å². The molecule has 2 aliphatic rings. The molecule has 3 heterocycles. The van der Waals surface area contributed by atoms with Crippen molar-refractivity contribution in [1.29, 1.82) is 0 Å². The summed E-state index contributed by atoms with van der Waals surface area (Å²) >= 11 is 0. The molecule has 1 fully saturated rings. The lowest BCUT2D eigenvalue weighted by Crippen LogP contribution is -2.26. The summed E-state index contributed by atoms with van der Waals surface area (Å²) in [6.45, 7) is 2.00. The number of cyclic esters (lactones) is 1. The highest BCUT2D eigenvalue weighted by Gasteiger charge is 2.33. The number of hydrogen-bond donors (Lipinski definition) is 1. The van der Waals surface area contributed by atoms with E-state index in [1.807, 2.05) is 6.08 Å². The number of benzene rings is 1. The Labute approximate surface area is 161 Å². The monoisotopic (exact) mass is 395 g/mol. The molecular formula is C18H19ClFN3O4. The molecule has 2 aliphatic heterocycles. The molecule has 1 N–H and O–H groups in total. The molecule has 9 heteroatoms. The van der Waals surface area contributed by atoms with E-state index in [2.05, 4.69) is 15.0 Å². The normalized spacial score (nSPS) is 19.3. The Kier molecular flexibility index (Phi) is 5.98. The molecule has 0 saturated carbocycles. The number of ether oxygens (including phenoxy) is 2. The highest BCUT2D eigenvalue weighted by molar-refractivity contribution is 5.90. The molecule has 2 aromatic rings. The predicted octanol–water partition coefficient (Wildman–Crippen LogP) is 3.02. The maximum absolute atomic E-state index is 14.6. The minimum absolute atomic E-state index is 0. The molecule has 0 aliphatic carbocycles. The van der Waals surface area contributed by atoms with Crippen LogP contribution in [0.2, 0.25) is 0 Å². The summed E-state index contributed by atoms with van der Waals surface area (Å²) in [4.78, 5) is 13.5. The topological polar surface area (TPSA) is 76.8 Å². The Bertz CT molecular complexity index is 828. The highest BCUT2D eigenvalue weighted by Crippen LogP contribution is 2.28. The van der Waals surface area contributed by atoms with Crippen molar-refractivity contribution in [3.8, 4) is 5.88 Å². The Balaban J connectivity index is 0.00000210. The van der Waals surface area contributed by atoms with E-state index in [-0.39, 0.29) is 31.4 Å². The SMILES string of the molecule is Cl.O=C1O[C@@H](COc2ccon2)CN1c1ccc(C2=CCNCC2)c(F)c1. The Morgan fingerprint density at radius 3 is 2.96 bits per heavy atom. The van der Waals surface area contributed by atoms with Crippen LogP contribution in [0.3, 0.4) is 0 Å². The molecule has 4 rings (SSSR count). The van der Waals surface area contributed by atoms with Crippen molar-refractivity contribution in [3.05, 3.63) is 48.0 Å². The van der Waals surface area contributed by atoms with Gasteiger partial charge in [-0.25, -0.2) is 9.18 Å². The van der Waals surface area contributed by atoms with Gasteiger partial charge in [0.1, 0.15) is 18.7 Å². The van der Waals surface area contributed by atoms with Crippen LogP contribution in [0.1, 0.15) is 12.0 Å². The van der Waals surface area contributed by atoms with E-state index in [0.29, 0.717) is 17.1 Å². The summed E-state index contributed by atoms with van der Waals surface area (Å²) in [5, 5.41) is 6.83. The van der Waals surface area contributed by atoms with Crippen LogP contribution in [0.15, 0.2) is 41.1 Å². The molecule has 0 radical (unpaired) electrons. The van der Waals surface area contributed by atoms with Crippen LogP contribution in [-0.4, -0.2) is 43.6 Å². The van der Waals surface area contributed by atoms with E-state index in [9.17, 15) is 9.18 Å². The number of hydrogen-bond acceptors (Lipinski definition) is 6. The van der Waals surface area contributed by atoms with E-state index < -0.39 is 12.2 Å². The number of amides is 1. The van der Waals surface area contributed by atoms with Crippen LogP contribution in [0.4, 0.5) is 14.9 Å². The van der Waals surface area contributed by atoms with Gasteiger partial charge >= 0.3 is 6.09 Å². The van der Waals surface area contributed by atoms with Crippen LogP contribution in [0, 0.1) is 5.82 Å². The maximum atomic E-state index is 14.6. The van der Waals surface area contributed by atoms with Gasteiger partial charge in [0.2, 0.25) is 0 Å². The van der Waals surface area contributed by atoms with E-state index in [4.69, 9.17) is 9.47 Å². The number of carbonyl (C=O) groups is 1. The largest absolute Gasteiger partial charge is 0.471 e. The average Bonchev–Trinajstić information content (AvgIpc) is 3.30. The van der Waals surface area contributed by atoms with Crippen molar-refractivity contribution in [3.63, 3.8) is 0 Å². The van der Waals surface area contributed by atoms with Gasteiger partial charge < -0.3 is 19.3 Å². The molecule has 27 heavy (non-hydrogen) atoms. The van der Waals surface area contributed by atoms with Gasteiger partial charge in [0.05, 0.1) is 12.2 Å². The van der Waals surface area contributed by atoms with Crippen molar-refractivity contribution in [2.45, 2.75) is 12.5 Å². The second-order valence-electron chi connectivity index (χ2n) is 6.11. The summed E-state index contributed by atoms with van der Waals surface area (Å²) in [7, 11) is 0. The smallest absolute Gasteiger partial charge is 0.414 e. The molecule has 1 aromatic heterocycles. The predicted molar refractivity (Wildman–Crippen MR) is 98.7 cm³/mol. The summed E-state index contributed by atoms with van der Waals surface area (Å²) in [5.74, 6) is -0.0177. The molecule has 1 atom stereocenters. The maximum Gasteiger partial charge on any atom is 0.414 e. The van der Waals surface area contributed by atoms with E-state index >= 15 is 0 Å². The lowest BCUT2D eigenvalue weighted by molar-refractivity contribution is 0.102. The van der Waals surface area contributed by atoms with Crippen LogP contribution in [0.5, 0.6) is 5.88 Å². The minimum atomic E-state index is -0.521. The average molecular weight is 396 g/mol. The number of halogens is 2. The van der Waals surface area contributed by atoms with E-state index in [1.165, 1.54) is 17.2 Å². The standard InChI is InChI=1S/C18H18FN3O4.ClH/c19-16-9-13(1-2-15(16)12-3-6-20-7-4-12)22-10-14(26-18(22)23)11-24-17-5-8-25-21-17;/h1-3,5,8-9,14,20H,4,6-7,10-11H2;1H/t14-;/m1./s1. The number of rotatable bonds is 5. The highest BCUT2D eigenvalue weighted by atomic mass is 35.5. The van der Waals surface area contributed by atoms with Gasteiger partial charge in [-0.1, -0.05) is 6.08 Å². The lowest BCUT2D eigenvalue weighted by atomic mass is 9.99. The first kappa shape index (κ1) is 19.2. The zero-order valence-electron chi connectivity index (χ0n) is 14.4. The molecule has 0 bridgehead atoms. The molecule has 7 nitrogen and oxygen atoms in total. The van der Waals surface area contributed by atoms with E-state index in [0.717, 1.165) is 25.1 Å². The summed E-state index contributed by atoms with van der Waals surface area (Å²) in [6.07, 6.45) is 3.18. The first-order chi connectivity index (χ1) is 12.7. The fourth-order valence-electron chi connectivity index (χ4n) is 3.07. The molecule has 144 valence electrons. The van der Waals surface area contributed by atoms with Gasteiger partial charge in [-0.3, -0.25) is 4.90 Å². The molecule has 1 amide bonds. The zero-order chi connectivity index (χ0) is 17.9. The lowest BCUT2D eigenvalue weighted by Gasteiger charge is -2.17. The Hall–Kier alpha value is -2.58. The quantitative estimate of drug-likeness (QED) is 0.838. The van der Waals surface area contributed by atoms with Crippen molar-refractivity contribution < 1.29 is 23.2 Å². The van der Waals surface area contributed by atoms with Crippen molar-refractivity contribution in [1.82, 2.24) is 10.5 Å². The summed E-state index contributed by atoms with van der Waals surface area (Å²) < 4.78 is 29.9. The third kappa shape index (κ3) is 4.23. The summed E-state index contributed by atoms with van der Waals surface area (Å²) in [5.41, 5.74) is 2.03. The number of nitrogens with one attached hydrogen (secondary N) is 1. The van der Waals surface area contributed by atoms with Gasteiger partial charge in [-0.15, -0.1) is 12.4 Å². The molecule has 0 unspecified atom stereocenters. The fourth-order valence-corrected chi connectivity index (χ4v) is 3.07. The van der Waals surface area contributed by atoms with Crippen LogP contribution < -0.4 is 15.0 Å². The van der Waals surface area contributed by atoms with Gasteiger partial charge in [0, 0.05) is 18.2 Å². The first-order valence-corrected chi connectivity index (χ1v) is 8.42. The van der Waals surface area contributed by atoms with E-state index in [1.54, 1.807) is 18.2 Å². The number of aromatic nitrogens is 1. The first-order valence-electron chi connectivity index (χ1n) is 8.42. The molecule has 0 spiro atoms. The van der Waals surface area contributed by atoms with Gasteiger partial charge in [-0.2, -0.15) is 0 Å². The Morgan fingerprint density at radius 2 is 2.26 bits per heavy atom. The van der Waals surface area contributed by atoms with Gasteiger partial charge in [-0.05, 0) is 41.9 Å². The number of nitrogens with zero attached hydrogens (tertiary/aromatic N) is 2. The van der Waals surface area contributed by atoms with Crippen molar-refractivity contribution in [2.75, 3.05) is 31.1 Å². The molecular weight excluding hydrogens is 377 g/mol. The van der Waals surface area contributed by atoms with Crippen molar-refractivity contribution in [2.24, 2.45) is 0 Å². The molecule has 1 saturated heterocycles. The van der Waals surface area contributed by atoms with Crippen molar-refractivity contribution >= 4 is 29.8 Å². The zero-order valence-corrected chi connectivity index (χ0v) is 15.2. The summed E-state index contributed by atoms with van der Waals surface area (Å²) in [6, 6.07) is 6.40. The van der Waals surface area contributed by atoms with Gasteiger partial charge in [0.15, 0.2) is 6.10 Å². The second kappa shape index (κ2) is 8.41. The second-order valence-corrected chi connectivity index (χ2v) is 6.11. The Morgan fingerprint density at radius 1 is 1.37 bits per heavy atom. The number of carbonyl (C=O) groups excluding carboxylic acids is 1. The third-order valence-electron chi connectivity index (χ3n) is 4.38. The molecule has 1 aromatic carbocycles. The van der Waals surface area contributed by atoms with Crippen LogP contribution in [0.25, 0.3) is 5.57 Å².